The summed E-state index contributed by atoms with van der Waals surface area (Å²) >= 11 is 1.44. The van der Waals surface area contributed by atoms with Crippen molar-refractivity contribution in [3.63, 3.8) is 0 Å². The average molecular weight is 347 g/mol. The number of para-hydroxylation sites is 2. The van der Waals surface area contributed by atoms with Crippen LogP contribution in [0, 0.1) is 0 Å². The molecule has 1 aliphatic rings. The standard InChI is InChI=1S/C17H21N3O3S/c1-3-20(16(21)12-24-17-18-8-9-19(17)2)10-13-11-22-14-6-4-5-7-15(14)23-13/h4-9,13H,3,10-12H2,1-2H3/t13-/m0/s1. The van der Waals surface area contributed by atoms with Gasteiger partial charge in [-0.2, -0.15) is 0 Å². The summed E-state index contributed by atoms with van der Waals surface area (Å²) in [4.78, 5) is 18.5. The minimum Gasteiger partial charge on any atom is -0.486 e. The van der Waals surface area contributed by atoms with E-state index in [1.165, 1.54) is 11.8 Å². The first-order valence-electron chi connectivity index (χ1n) is 7.93. The molecule has 1 aromatic carbocycles. The highest BCUT2D eigenvalue weighted by Gasteiger charge is 2.24. The second-order valence-corrected chi connectivity index (χ2v) is 6.48. The summed E-state index contributed by atoms with van der Waals surface area (Å²) in [6, 6.07) is 7.60. The van der Waals surface area contributed by atoms with Crippen molar-refractivity contribution in [1.29, 1.82) is 0 Å². The minimum absolute atomic E-state index is 0.0768. The van der Waals surface area contributed by atoms with Crippen LogP contribution < -0.4 is 9.47 Å². The summed E-state index contributed by atoms with van der Waals surface area (Å²) in [5.41, 5.74) is 0. The van der Waals surface area contributed by atoms with Crippen molar-refractivity contribution in [2.24, 2.45) is 7.05 Å². The molecule has 2 heterocycles. The first-order valence-corrected chi connectivity index (χ1v) is 8.92. The Labute approximate surface area is 145 Å². The molecule has 0 saturated heterocycles. The fourth-order valence-corrected chi connectivity index (χ4v) is 3.35. The zero-order valence-electron chi connectivity index (χ0n) is 13.8. The van der Waals surface area contributed by atoms with Gasteiger partial charge in [-0.1, -0.05) is 23.9 Å². The predicted molar refractivity (Wildman–Crippen MR) is 92.5 cm³/mol. The summed E-state index contributed by atoms with van der Waals surface area (Å²) in [6.07, 6.45) is 3.45. The molecule has 3 rings (SSSR count). The van der Waals surface area contributed by atoms with Crippen LogP contribution >= 0.6 is 11.8 Å². The molecule has 1 aromatic heterocycles. The summed E-state index contributed by atoms with van der Waals surface area (Å²) in [5, 5.41) is 0.839. The lowest BCUT2D eigenvalue weighted by atomic mass is 10.2. The lowest BCUT2D eigenvalue weighted by Gasteiger charge is -2.30. The molecule has 24 heavy (non-hydrogen) atoms. The van der Waals surface area contributed by atoms with Crippen molar-refractivity contribution in [1.82, 2.24) is 14.5 Å². The number of benzene rings is 1. The minimum atomic E-state index is -0.151. The van der Waals surface area contributed by atoms with Crippen molar-refractivity contribution in [2.75, 3.05) is 25.4 Å². The second kappa shape index (κ2) is 7.61. The van der Waals surface area contributed by atoms with E-state index in [4.69, 9.17) is 9.47 Å². The Morgan fingerprint density at radius 2 is 2.21 bits per heavy atom. The molecule has 0 N–H and O–H groups in total. The van der Waals surface area contributed by atoms with Crippen LogP contribution in [-0.4, -0.2) is 51.9 Å². The first-order chi connectivity index (χ1) is 11.7. The lowest BCUT2D eigenvalue weighted by Crippen LogP contribution is -2.44. The van der Waals surface area contributed by atoms with E-state index in [2.05, 4.69) is 4.98 Å². The quantitative estimate of drug-likeness (QED) is 0.750. The van der Waals surface area contributed by atoms with Gasteiger partial charge < -0.3 is 18.9 Å². The van der Waals surface area contributed by atoms with Gasteiger partial charge in [0.05, 0.1) is 12.3 Å². The van der Waals surface area contributed by atoms with Crippen molar-refractivity contribution < 1.29 is 14.3 Å². The summed E-state index contributed by atoms with van der Waals surface area (Å²) < 4.78 is 13.6. The van der Waals surface area contributed by atoms with Crippen molar-refractivity contribution >= 4 is 17.7 Å². The van der Waals surface area contributed by atoms with Crippen molar-refractivity contribution in [3.05, 3.63) is 36.7 Å². The van der Waals surface area contributed by atoms with Crippen LogP contribution in [0.2, 0.25) is 0 Å². The number of thioether (sulfide) groups is 1. The number of carbonyl (C=O) groups excluding carboxylic acids is 1. The van der Waals surface area contributed by atoms with E-state index < -0.39 is 0 Å². The predicted octanol–water partition coefficient (Wildman–Crippen LogP) is 2.20. The number of likely N-dealkylation sites (N-methyl/N-ethyl adjacent to an activating group) is 1. The molecule has 6 nitrogen and oxygen atoms in total. The van der Waals surface area contributed by atoms with E-state index in [9.17, 15) is 4.79 Å². The van der Waals surface area contributed by atoms with Gasteiger partial charge in [0.25, 0.3) is 0 Å². The van der Waals surface area contributed by atoms with Crippen LogP contribution in [0.5, 0.6) is 11.5 Å². The maximum Gasteiger partial charge on any atom is 0.233 e. The molecule has 0 unspecified atom stereocenters. The Morgan fingerprint density at radius 3 is 2.92 bits per heavy atom. The average Bonchev–Trinajstić information content (AvgIpc) is 3.02. The number of aromatic nitrogens is 2. The fourth-order valence-electron chi connectivity index (χ4n) is 2.51. The van der Waals surface area contributed by atoms with E-state index in [1.54, 1.807) is 11.1 Å². The third-order valence-corrected chi connectivity index (χ3v) is 4.87. The summed E-state index contributed by atoms with van der Waals surface area (Å²) in [6.45, 7) is 3.58. The number of hydrogen-bond donors (Lipinski definition) is 0. The highest BCUT2D eigenvalue weighted by atomic mass is 32.2. The Hall–Kier alpha value is -2.15. The third kappa shape index (κ3) is 3.84. The monoisotopic (exact) mass is 347 g/mol. The molecule has 2 aromatic rings. The fraction of sp³-hybridized carbons (Fsp3) is 0.412. The number of nitrogens with zero attached hydrogens (tertiary/aromatic N) is 3. The molecule has 0 saturated carbocycles. The molecule has 1 amide bonds. The Bertz CT molecular complexity index is 704. The smallest absolute Gasteiger partial charge is 0.233 e. The molecule has 1 atom stereocenters. The van der Waals surface area contributed by atoms with Crippen LogP contribution in [0.15, 0.2) is 41.8 Å². The van der Waals surface area contributed by atoms with Crippen molar-refractivity contribution in [3.8, 4) is 11.5 Å². The van der Waals surface area contributed by atoms with Gasteiger partial charge >= 0.3 is 0 Å². The van der Waals surface area contributed by atoms with E-state index in [0.717, 1.165) is 16.7 Å². The van der Waals surface area contributed by atoms with Crippen LogP contribution in [0.25, 0.3) is 0 Å². The zero-order valence-corrected chi connectivity index (χ0v) is 14.7. The number of ether oxygens (including phenoxy) is 2. The highest BCUT2D eigenvalue weighted by molar-refractivity contribution is 7.99. The molecule has 0 spiro atoms. The molecule has 0 fully saturated rings. The molecule has 0 aliphatic carbocycles. The SMILES string of the molecule is CCN(C[C@H]1COc2ccccc2O1)C(=O)CSc1nccn1C. The van der Waals surface area contributed by atoms with E-state index in [0.29, 0.717) is 25.4 Å². The number of rotatable bonds is 6. The van der Waals surface area contributed by atoms with Gasteiger partial charge in [0, 0.05) is 26.0 Å². The van der Waals surface area contributed by atoms with Crippen LogP contribution in [-0.2, 0) is 11.8 Å². The molecule has 7 heteroatoms. The van der Waals surface area contributed by atoms with E-state index in [-0.39, 0.29) is 12.0 Å². The summed E-state index contributed by atoms with van der Waals surface area (Å²) in [7, 11) is 1.92. The van der Waals surface area contributed by atoms with Crippen LogP contribution in [0.1, 0.15) is 6.92 Å². The molecule has 0 bridgehead atoms. The first kappa shape index (κ1) is 16.7. The Kier molecular flexibility index (Phi) is 5.30. The van der Waals surface area contributed by atoms with Gasteiger partial charge in [-0.15, -0.1) is 0 Å². The largest absolute Gasteiger partial charge is 0.486 e. The molecular formula is C17H21N3O3S. The van der Waals surface area contributed by atoms with Gasteiger partial charge in [-0.3, -0.25) is 4.79 Å². The topological polar surface area (TPSA) is 56.6 Å². The summed E-state index contributed by atoms with van der Waals surface area (Å²) in [5.74, 6) is 1.93. The Balaban J connectivity index is 1.55. The van der Waals surface area contributed by atoms with E-state index >= 15 is 0 Å². The molecule has 1 aliphatic heterocycles. The zero-order chi connectivity index (χ0) is 16.9. The maximum absolute atomic E-state index is 12.5. The van der Waals surface area contributed by atoms with Crippen LogP contribution in [0.4, 0.5) is 0 Å². The Morgan fingerprint density at radius 1 is 1.42 bits per heavy atom. The van der Waals surface area contributed by atoms with Gasteiger partial charge in [-0.25, -0.2) is 4.98 Å². The van der Waals surface area contributed by atoms with Crippen molar-refractivity contribution in [2.45, 2.75) is 18.2 Å². The normalized spacial score (nSPS) is 16.0. The van der Waals surface area contributed by atoms with Crippen LogP contribution in [0.3, 0.4) is 0 Å². The van der Waals surface area contributed by atoms with Gasteiger partial charge in [0.1, 0.15) is 6.61 Å². The number of aryl methyl sites for hydroxylation is 1. The number of hydrogen-bond acceptors (Lipinski definition) is 5. The molecule has 128 valence electrons. The number of imidazole rings is 1. The molecule has 0 radical (unpaired) electrons. The third-order valence-electron chi connectivity index (χ3n) is 3.83. The number of amides is 1. The highest BCUT2D eigenvalue weighted by Crippen LogP contribution is 2.31. The molecular weight excluding hydrogens is 326 g/mol. The number of fused-ring (bicyclic) bond motifs is 1. The van der Waals surface area contributed by atoms with Gasteiger partial charge in [-0.05, 0) is 19.1 Å². The van der Waals surface area contributed by atoms with Gasteiger partial charge in [0.15, 0.2) is 22.8 Å². The maximum atomic E-state index is 12.5. The lowest BCUT2D eigenvalue weighted by molar-refractivity contribution is -0.129. The van der Waals surface area contributed by atoms with Gasteiger partial charge in [0.2, 0.25) is 5.91 Å². The second-order valence-electron chi connectivity index (χ2n) is 5.54. The van der Waals surface area contributed by atoms with E-state index in [1.807, 2.05) is 49.0 Å². The number of carbonyl (C=O) groups is 1.